The molecule has 0 fully saturated rings. The molecular formula is C18H23ClF3N3O2. The zero-order valence-corrected chi connectivity index (χ0v) is 16.5. The number of rotatable bonds is 5. The van der Waals surface area contributed by atoms with Gasteiger partial charge in [0.25, 0.3) is 0 Å². The van der Waals surface area contributed by atoms with Gasteiger partial charge >= 0.3 is 12.1 Å². The van der Waals surface area contributed by atoms with Crippen molar-refractivity contribution < 1.29 is 22.7 Å². The van der Waals surface area contributed by atoms with E-state index in [9.17, 15) is 18.0 Å². The maximum absolute atomic E-state index is 13.0. The second kappa shape index (κ2) is 9.75. The number of methoxy groups -OCH3 is 1. The second-order valence-electron chi connectivity index (χ2n) is 5.45. The molecule has 150 valence electrons. The van der Waals surface area contributed by atoms with Crippen molar-refractivity contribution in [2.75, 3.05) is 26.7 Å². The number of nitrogens with zero attached hydrogens (tertiary/aromatic N) is 3. The van der Waals surface area contributed by atoms with E-state index in [1.54, 1.807) is 0 Å². The van der Waals surface area contributed by atoms with E-state index in [1.807, 2.05) is 0 Å². The molecule has 0 saturated carbocycles. The summed E-state index contributed by atoms with van der Waals surface area (Å²) in [6.45, 7) is 13.5. The highest BCUT2D eigenvalue weighted by Gasteiger charge is 2.35. The van der Waals surface area contributed by atoms with E-state index in [0.717, 1.165) is 13.2 Å². The standard InChI is InChI=1S/C12H8ClF3N2O2.C6H15N/c1-3-6-4-7-9(13)10(11(19)20-2)17-18(7)8(5-6)12(14,15)16;1-4-7(5-2)6-3/h3-5H,1H2,2H3;4-6H2,1-3H3. The number of fused-ring (bicyclic) bond motifs is 1. The summed E-state index contributed by atoms with van der Waals surface area (Å²) in [6.07, 6.45) is -3.41. The van der Waals surface area contributed by atoms with E-state index < -0.39 is 17.8 Å². The van der Waals surface area contributed by atoms with Crippen LogP contribution < -0.4 is 0 Å². The lowest BCUT2D eigenvalue weighted by atomic mass is 10.2. The van der Waals surface area contributed by atoms with Gasteiger partial charge in [-0.25, -0.2) is 9.31 Å². The minimum atomic E-state index is -4.65. The number of carbonyl (C=O) groups excluding carboxylic acids is 1. The van der Waals surface area contributed by atoms with Crippen LogP contribution in [0.25, 0.3) is 11.6 Å². The Kier molecular flexibility index (Phi) is 8.30. The average Bonchev–Trinajstić information content (AvgIpc) is 2.98. The molecule has 9 heteroatoms. The Morgan fingerprint density at radius 1 is 1.30 bits per heavy atom. The summed E-state index contributed by atoms with van der Waals surface area (Å²) in [4.78, 5) is 13.8. The Morgan fingerprint density at radius 3 is 2.22 bits per heavy atom. The number of hydrogen-bond donors (Lipinski definition) is 0. The van der Waals surface area contributed by atoms with Crippen LogP contribution in [0.15, 0.2) is 18.7 Å². The molecule has 0 spiro atoms. The molecule has 2 rings (SSSR count). The van der Waals surface area contributed by atoms with Crippen LogP contribution in [-0.2, 0) is 10.9 Å². The molecule has 0 radical (unpaired) electrons. The van der Waals surface area contributed by atoms with Gasteiger partial charge in [-0.1, -0.05) is 45.0 Å². The lowest BCUT2D eigenvalue weighted by molar-refractivity contribution is -0.142. The van der Waals surface area contributed by atoms with Gasteiger partial charge in [-0.2, -0.15) is 18.3 Å². The summed E-state index contributed by atoms with van der Waals surface area (Å²) in [5.41, 5.74) is -1.26. The average molecular weight is 406 g/mol. The lowest BCUT2D eigenvalue weighted by Crippen LogP contribution is -2.21. The third-order valence-corrected chi connectivity index (χ3v) is 4.32. The van der Waals surface area contributed by atoms with Gasteiger partial charge in [-0.15, -0.1) is 0 Å². The summed E-state index contributed by atoms with van der Waals surface area (Å²) in [5, 5.41) is 3.38. The molecule has 5 nitrogen and oxygen atoms in total. The van der Waals surface area contributed by atoms with Crippen LogP contribution in [0.3, 0.4) is 0 Å². The van der Waals surface area contributed by atoms with Crippen LogP contribution in [0.1, 0.15) is 42.5 Å². The maximum atomic E-state index is 13.0. The first kappa shape index (κ1) is 23.0. The number of pyridine rings is 1. The molecule has 0 aliphatic heterocycles. The SMILES string of the molecule is C=Cc1cc(C(F)(F)F)n2nc(C(=O)OC)c(Cl)c2c1.CCN(CC)CC. The van der Waals surface area contributed by atoms with E-state index in [0.29, 0.717) is 4.52 Å². The van der Waals surface area contributed by atoms with Crippen LogP contribution in [0.5, 0.6) is 0 Å². The molecule has 2 heterocycles. The minimum absolute atomic E-state index is 0.0446. The third kappa shape index (κ3) is 5.46. The van der Waals surface area contributed by atoms with Crippen molar-refractivity contribution in [2.24, 2.45) is 0 Å². The van der Waals surface area contributed by atoms with Gasteiger partial charge in [0.15, 0.2) is 5.69 Å². The van der Waals surface area contributed by atoms with Crippen LogP contribution >= 0.6 is 11.6 Å². The molecule has 27 heavy (non-hydrogen) atoms. The minimum Gasteiger partial charge on any atom is -0.464 e. The largest absolute Gasteiger partial charge is 0.464 e. The van der Waals surface area contributed by atoms with E-state index in [-0.39, 0.29) is 21.8 Å². The Labute approximate surface area is 161 Å². The molecular weight excluding hydrogens is 383 g/mol. The molecule has 0 amide bonds. The molecule has 0 aliphatic rings. The number of carbonyl (C=O) groups is 1. The number of hydrogen-bond acceptors (Lipinski definition) is 4. The summed E-state index contributed by atoms with van der Waals surface area (Å²) < 4.78 is 44.0. The molecule has 0 atom stereocenters. The fourth-order valence-electron chi connectivity index (χ4n) is 2.36. The zero-order valence-electron chi connectivity index (χ0n) is 15.7. The molecule has 0 saturated heterocycles. The quantitative estimate of drug-likeness (QED) is 0.671. The molecule has 0 N–H and O–H groups in total. The van der Waals surface area contributed by atoms with E-state index in [2.05, 4.69) is 42.1 Å². The van der Waals surface area contributed by atoms with Crippen molar-refractivity contribution in [1.82, 2.24) is 14.5 Å². The number of aromatic nitrogens is 2. The van der Waals surface area contributed by atoms with Gasteiger partial charge < -0.3 is 9.64 Å². The Morgan fingerprint density at radius 2 is 1.85 bits per heavy atom. The lowest BCUT2D eigenvalue weighted by Gasteiger charge is -2.13. The van der Waals surface area contributed by atoms with Gasteiger partial charge in [0.1, 0.15) is 10.7 Å². The Balaban J connectivity index is 0.000000445. The van der Waals surface area contributed by atoms with E-state index in [1.165, 1.54) is 31.8 Å². The van der Waals surface area contributed by atoms with Crippen molar-refractivity contribution in [1.29, 1.82) is 0 Å². The van der Waals surface area contributed by atoms with Crippen LogP contribution in [-0.4, -0.2) is 47.2 Å². The fraction of sp³-hybridized carbons (Fsp3) is 0.444. The summed E-state index contributed by atoms with van der Waals surface area (Å²) in [5.74, 6) is -0.910. The number of halogens is 4. The molecule has 2 aromatic heterocycles. The molecule has 0 unspecified atom stereocenters. The van der Waals surface area contributed by atoms with Crippen LogP contribution in [0.2, 0.25) is 5.02 Å². The van der Waals surface area contributed by atoms with E-state index in [4.69, 9.17) is 11.6 Å². The second-order valence-corrected chi connectivity index (χ2v) is 5.82. The summed E-state index contributed by atoms with van der Waals surface area (Å²) in [7, 11) is 1.09. The smallest absolute Gasteiger partial charge is 0.433 e. The van der Waals surface area contributed by atoms with Crippen molar-refractivity contribution in [3.63, 3.8) is 0 Å². The van der Waals surface area contributed by atoms with Gasteiger partial charge in [0.05, 0.1) is 12.6 Å². The number of alkyl halides is 3. The molecule has 0 bridgehead atoms. The fourth-order valence-corrected chi connectivity index (χ4v) is 2.61. The monoisotopic (exact) mass is 405 g/mol. The van der Waals surface area contributed by atoms with Gasteiger partial charge in [-0.3, -0.25) is 0 Å². The van der Waals surface area contributed by atoms with Gasteiger partial charge in [-0.05, 0) is 37.3 Å². The summed E-state index contributed by atoms with van der Waals surface area (Å²) >= 11 is 5.90. The van der Waals surface area contributed by atoms with Crippen molar-refractivity contribution in [3.05, 3.63) is 40.7 Å². The topological polar surface area (TPSA) is 46.8 Å². The van der Waals surface area contributed by atoms with Crippen LogP contribution in [0, 0.1) is 0 Å². The first-order chi connectivity index (χ1) is 12.6. The Hall–Kier alpha value is -2.06. The van der Waals surface area contributed by atoms with E-state index >= 15 is 0 Å². The molecule has 2 aromatic rings. The van der Waals surface area contributed by atoms with Crippen LogP contribution in [0.4, 0.5) is 13.2 Å². The maximum Gasteiger partial charge on any atom is 0.433 e. The van der Waals surface area contributed by atoms with Crippen molar-refractivity contribution in [3.8, 4) is 0 Å². The number of esters is 1. The molecule has 0 aliphatic carbocycles. The highest BCUT2D eigenvalue weighted by Crippen LogP contribution is 2.33. The highest BCUT2D eigenvalue weighted by atomic mass is 35.5. The Bertz CT molecular complexity index is 794. The summed E-state index contributed by atoms with van der Waals surface area (Å²) in [6, 6.07) is 2.22. The van der Waals surface area contributed by atoms with Crippen molar-refractivity contribution in [2.45, 2.75) is 26.9 Å². The highest BCUT2D eigenvalue weighted by molar-refractivity contribution is 6.36. The zero-order chi connectivity index (χ0) is 20.8. The third-order valence-electron chi connectivity index (χ3n) is 3.94. The van der Waals surface area contributed by atoms with Crippen molar-refractivity contribution >= 4 is 29.2 Å². The normalized spacial score (nSPS) is 11.3. The van der Waals surface area contributed by atoms with Gasteiger partial charge in [0.2, 0.25) is 0 Å². The first-order valence-corrected chi connectivity index (χ1v) is 8.74. The molecule has 0 aromatic carbocycles. The first-order valence-electron chi connectivity index (χ1n) is 8.36. The predicted octanol–water partition coefficient (Wildman–Crippen LogP) is 4.78. The predicted molar refractivity (Wildman–Crippen MR) is 100 cm³/mol. The number of ether oxygens (including phenoxy) is 1. The van der Waals surface area contributed by atoms with Gasteiger partial charge in [0, 0.05) is 0 Å².